The second kappa shape index (κ2) is 4.74. The number of rotatable bonds is 2. The van der Waals surface area contributed by atoms with Gasteiger partial charge < -0.3 is 9.84 Å². The highest BCUT2D eigenvalue weighted by molar-refractivity contribution is 7.09. The van der Waals surface area contributed by atoms with E-state index in [1.54, 1.807) is 6.20 Å². The van der Waals surface area contributed by atoms with Crippen molar-refractivity contribution in [3.05, 3.63) is 16.6 Å². The van der Waals surface area contributed by atoms with Gasteiger partial charge in [-0.25, -0.2) is 4.98 Å². The van der Waals surface area contributed by atoms with Crippen LogP contribution >= 0.6 is 11.3 Å². The van der Waals surface area contributed by atoms with Crippen LogP contribution in [-0.2, 0) is 15.1 Å². The van der Waals surface area contributed by atoms with E-state index in [0.29, 0.717) is 19.3 Å². The minimum absolute atomic E-state index is 0.0970. The van der Waals surface area contributed by atoms with Gasteiger partial charge in [-0.1, -0.05) is 6.92 Å². The monoisotopic (exact) mass is 255 g/mol. The van der Waals surface area contributed by atoms with Crippen molar-refractivity contribution in [2.24, 2.45) is 11.8 Å². The zero-order valence-electron chi connectivity index (χ0n) is 10.0. The molecule has 94 valence electrons. The molecule has 1 heterocycles. The van der Waals surface area contributed by atoms with Crippen molar-refractivity contribution >= 4 is 17.3 Å². The number of aliphatic hydroxyl groups is 1. The Morgan fingerprint density at radius 3 is 3.00 bits per heavy atom. The predicted octanol–water partition coefficient (Wildman–Crippen LogP) is 1.94. The van der Waals surface area contributed by atoms with E-state index in [-0.39, 0.29) is 17.8 Å². The first-order valence-electron chi connectivity index (χ1n) is 5.77. The third-order valence-corrected chi connectivity index (χ3v) is 4.52. The molecular weight excluding hydrogens is 238 g/mol. The van der Waals surface area contributed by atoms with Crippen molar-refractivity contribution in [1.29, 1.82) is 0 Å². The fourth-order valence-corrected chi connectivity index (χ4v) is 3.38. The first-order chi connectivity index (χ1) is 8.07. The van der Waals surface area contributed by atoms with Crippen molar-refractivity contribution < 1.29 is 14.6 Å². The Balaban J connectivity index is 2.11. The lowest BCUT2D eigenvalue weighted by Crippen LogP contribution is -2.39. The van der Waals surface area contributed by atoms with Crippen molar-refractivity contribution in [2.45, 2.75) is 31.8 Å². The van der Waals surface area contributed by atoms with Crippen molar-refractivity contribution in [3.63, 3.8) is 0 Å². The van der Waals surface area contributed by atoms with Gasteiger partial charge in [0.15, 0.2) is 0 Å². The van der Waals surface area contributed by atoms with Crippen LogP contribution in [-0.4, -0.2) is 23.2 Å². The average Bonchev–Trinajstić information content (AvgIpc) is 2.82. The molecule has 0 unspecified atom stereocenters. The van der Waals surface area contributed by atoms with Crippen molar-refractivity contribution in [3.8, 4) is 0 Å². The van der Waals surface area contributed by atoms with E-state index < -0.39 is 5.60 Å². The minimum atomic E-state index is -0.863. The molecular formula is C12H17NO3S. The van der Waals surface area contributed by atoms with Crippen LogP contribution in [0.25, 0.3) is 0 Å². The number of carbonyl (C=O) groups is 1. The van der Waals surface area contributed by atoms with Gasteiger partial charge in [-0.2, -0.15) is 0 Å². The molecule has 1 aliphatic carbocycles. The number of hydrogen-bond acceptors (Lipinski definition) is 5. The molecule has 1 saturated carbocycles. The summed E-state index contributed by atoms with van der Waals surface area (Å²) in [7, 11) is 1.41. The maximum absolute atomic E-state index is 11.6. The third kappa shape index (κ3) is 2.35. The predicted molar refractivity (Wildman–Crippen MR) is 64.5 cm³/mol. The molecule has 3 atom stereocenters. The summed E-state index contributed by atoms with van der Waals surface area (Å²) < 4.78 is 4.79. The number of nitrogens with zero attached hydrogens (tertiary/aromatic N) is 1. The van der Waals surface area contributed by atoms with Crippen LogP contribution in [0.2, 0.25) is 0 Å². The molecule has 1 aliphatic rings. The van der Waals surface area contributed by atoms with Gasteiger partial charge in [0.1, 0.15) is 10.6 Å². The van der Waals surface area contributed by atoms with Crippen LogP contribution in [0.3, 0.4) is 0 Å². The lowest BCUT2D eigenvalue weighted by atomic mass is 9.72. The summed E-state index contributed by atoms with van der Waals surface area (Å²) in [5, 5.41) is 13.2. The SMILES string of the molecule is COC(=O)[C@@H]1CC[C@@](O)(c2nccs2)C[C@H]1C. The van der Waals surface area contributed by atoms with Gasteiger partial charge in [-0.15, -0.1) is 11.3 Å². The first-order valence-corrected chi connectivity index (χ1v) is 6.65. The summed E-state index contributed by atoms with van der Waals surface area (Å²) in [6.07, 6.45) is 3.50. The fraction of sp³-hybridized carbons (Fsp3) is 0.667. The van der Waals surface area contributed by atoms with Crippen LogP contribution in [0.1, 0.15) is 31.2 Å². The van der Waals surface area contributed by atoms with Crippen LogP contribution in [0, 0.1) is 11.8 Å². The van der Waals surface area contributed by atoms with Gasteiger partial charge in [0.05, 0.1) is 13.0 Å². The fourth-order valence-electron chi connectivity index (χ4n) is 2.60. The molecule has 1 fully saturated rings. The summed E-state index contributed by atoms with van der Waals surface area (Å²) in [5.41, 5.74) is -0.863. The molecule has 1 aromatic heterocycles. The summed E-state index contributed by atoms with van der Waals surface area (Å²) in [6.45, 7) is 1.99. The topological polar surface area (TPSA) is 59.4 Å². The maximum atomic E-state index is 11.6. The van der Waals surface area contributed by atoms with E-state index >= 15 is 0 Å². The molecule has 5 heteroatoms. The summed E-state index contributed by atoms with van der Waals surface area (Å²) in [5.74, 6) is -0.149. The number of thiazole rings is 1. The normalized spacial score (nSPS) is 33.4. The van der Waals surface area contributed by atoms with Gasteiger partial charge in [0.25, 0.3) is 0 Å². The number of hydrogen-bond donors (Lipinski definition) is 1. The second-order valence-electron chi connectivity index (χ2n) is 4.72. The number of aromatic nitrogens is 1. The summed E-state index contributed by atoms with van der Waals surface area (Å²) in [4.78, 5) is 15.7. The van der Waals surface area contributed by atoms with Crippen LogP contribution in [0.15, 0.2) is 11.6 Å². The minimum Gasteiger partial charge on any atom is -0.469 e. The van der Waals surface area contributed by atoms with Gasteiger partial charge in [-0.05, 0) is 25.2 Å². The molecule has 0 aromatic carbocycles. The largest absolute Gasteiger partial charge is 0.469 e. The van der Waals surface area contributed by atoms with E-state index in [0.717, 1.165) is 5.01 Å². The molecule has 4 nitrogen and oxygen atoms in total. The summed E-state index contributed by atoms with van der Waals surface area (Å²) in [6, 6.07) is 0. The molecule has 0 bridgehead atoms. The van der Waals surface area contributed by atoms with E-state index in [2.05, 4.69) is 4.98 Å². The standard InChI is InChI=1S/C12H17NO3S/c1-8-7-12(15,11-13-5-6-17-11)4-3-9(8)10(14)16-2/h5-6,8-9,15H,3-4,7H2,1-2H3/t8-,9-,12+/m1/s1. The lowest BCUT2D eigenvalue weighted by Gasteiger charge is -2.37. The van der Waals surface area contributed by atoms with E-state index in [1.807, 2.05) is 12.3 Å². The first kappa shape index (κ1) is 12.5. The van der Waals surface area contributed by atoms with Crippen LogP contribution in [0.5, 0.6) is 0 Å². The highest BCUT2D eigenvalue weighted by Crippen LogP contribution is 2.43. The Hall–Kier alpha value is -0.940. The van der Waals surface area contributed by atoms with Crippen molar-refractivity contribution in [2.75, 3.05) is 7.11 Å². The number of esters is 1. The lowest BCUT2D eigenvalue weighted by molar-refractivity contribution is -0.151. The van der Waals surface area contributed by atoms with Crippen molar-refractivity contribution in [1.82, 2.24) is 4.98 Å². The number of carbonyl (C=O) groups excluding carboxylic acids is 1. The van der Waals surface area contributed by atoms with Crippen LogP contribution < -0.4 is 0 Å². The Kier molecular flexibility index (Phi) is 3.49. The highest BCUT2D eigenvalue weighted by atomic mass is 32.1. The molecule has 0 aliphatic heterocycles. The third-order valence-electron chi connectivity index (χ3n) is 3.55. The molecule has 0 amide bonds. The highest BCUT2D eigenvalue weighted by Gasteiger charge is 2.43. The molecule has 1 N–H and O–H groups in total. The van der Waals surface area contributed by atoms with Gasteiger partial charge >= 0.3 is 5.97 Å². The molecule has 0 radical (unpaired) electrons. The van der Waals surface area contributed by atoms with Crippen LogP contribution in [0.4, 0.5) is 0 Å². The Morgan fingerprint density at radius 2 is 2.47 bits per heavy atom. The van der Waals surface area contributed by atoms with Gasteiger partial charge in [0.2, 0.25) is 0 Å². The molecule has 0 saturated heterocycles. The van der Waals surface area contributed by atoms with E-state index in [1.165, 1.54) is 18.4 Å². The smallest absolute Gasteiger partial charge is 0.308 e. The Labute approximate surface area is 105 Å². The zero-order chi connectivity index (χ0) is 12.5. The maximum Gasteiger partial charge on any atom is 0.308 e. The molecule has 0 spiro atoms. The van der Waals surface area contributed by atoms with Gasteiger partial charge in [0, 0.05) is 11.6 Å². The molecule has 1 aromatic rings. The Bertz CT molecular complexity index is 392. The molecule has 2 rings (SSSR count). The van der Waals surface area contributed by atoms with E-state index in [9.17, 15) is 9.90 Å². The number of ether oxygens (including phenoxy) is 1. The second-order valence-corrected chi connectivity index (χ2v) is 5.61. The number of methoxy groups -OCH3 is 1. The Morgan fingerprint density at radius 1 is 1.71 bits per heavy atom. The van der Waals surface area contributed by atoms with Gasteiger partial charge in [-0.3, -0.25) is 4.79 Å². The quantitative estimate of drug-likeness (QED) is 0.820. The van der Waals surface area contributed by atoms with E-state index in [4.69, 9.17) is 4.74 Å². The average molecular weight is 255 g/mol. The zero-order valence-corrected chi connectivity index (χ0v) is 10.9. The molecule has 17 heavy (non-hydrogen) atoms. The summed E-state index contributed by atoms with van der Waals surface area (Å²) >= 11 is 1.47.